The van der Waals surface area contributed by atoms with Crippen LogP contribution in [-0.2, 0) is 24.2 Å². The molecule has 0 radical (unpaired) electrons. The fourth-order valence-electron chi connectivity index (χ4n) is 2.77. The van der Waals surface area contributed by atoms with E-state index < -0.39 is 34.4 Å². The van der Waals surface area contributed by atoms with Crippen LogP contribution >= 0.6 is 11.8 Å². The lowest BCUT2D eigenvalue weighted by Crippen LogP contribution is -2.38. The Hall–Kier alpha value is -2.06. The fourth-order valence-corrected chi connectivity index (χ4v) is 5.18. The van der Waals surface area contributed by atoms with Crippen LogP contribution < -0.4 is 5.32 Å². The molecule has 0 saturated carbocycles. The van der Waals surface area contributed by atoms with Gasteiger partial charge in [-0.3, -0.25) is 9.59 Å². The second kappa shape index (κ2) is 8.09. The Bertz CT molecular complexity index is 926. The lowest BCUT2D eigenvalue weighted by Gasteiger charge is -2.11. The second-order valence-electron chi connectivity index (χ2n) is 6.13. The van der Waals surface area contributed by atoms with Gasteiger partial charge in [-0.1, -0.05) is 30.3 Å². The summed E-state index contributed by atoms with van der Waals surface area (Å²) in [5.74, 6) is -0.831. The van der Waals surface area contributed by atoms with Crippen molar-refractivity contribution in [1.29, 1.82) is 0 Å². The van der Waals surface area contributed by atoms with Crippen molar-refractivity contribution in [2.24, 2.45) is 0 Å². The summed E-state index contributed by atoms with van der Waals surface area (Å²) in [7, 11) is -3.05. The third kappa shape index (κ3) is 5.22. The van der Waals surface area contributed by atoms with Crippen molar-refractivity contribution < 1.29 is 22.7 Å². The van der Waals surface area contributed by atoms with Crippen molar-refractivity contribution in [3.05, 3.63) is 42.5 Å². The zero-order chi connectivity index (χ0) is 18.6. The zero-order valence-corrected chi connectivity index (χ0v) is 15.6. The lowest BCUT2D eigenvalue weighted by atomic mass is 10.1. The van der Waals surface area contributed by atoms with Crippen molar-refractivity contribution in [2.75, 3.05) is 23.9 Å². The molecule has 0 aromatic heterocycles. The molecule has 1 aliphatic heterocycles. The molecule has 0 bridgehead atoms. The van der Waals surface area contributed by atoms with E-state index in [0.29, 0.717) is 6.42 Å². The van der Waals surface area contributed by atoms with E-state index in [4.69, 9.17) is 4.74 Å². The van der Waals surface area contributed by atoms with Gasteiger partial charge in [-0.25, -0.2) is 8.42 Å². The number of carbonyl (C=O) groups excluding carboxylic acids is 2. The van der Waals surface area contributed by atoms with Crippen molar-refractivity contribution in [3.63, 3.8) is 0 Å². The monoisotopic (exact) mass is 393 g/mol. The molecule has 0 aliphatic carbocycles. The Kier molecular flexibility index (Phi) is 5.83. The Morgan fingerprint density at radius 1 is 1.15 bits per heavy atom. The average Bonchev–Trinajstić information content (AvgIpc) is 2.96. The third-order valence-corrected chi connectivity index (χ3v) is 6.77. The number of hydrogen-bond donors (Lipinski definition) is 1. The van der Waals surface area contributed by atoms with Crippen molar-refractivity contribution in [2.45, 2.75) is 17.4 Å². The molecule has 2 aromatic carbocycles. The SMILES string of the molecule is O=C(COC(=O)CSc1ccc2ccccc2c1)N[C@H]1CCS(=O)(=O)C1. The molecule has 2 aromatic rings. The van der Waals surface area contributed by atoms with Crippen LogP contribution in [0.5, 0.6) is 0 Å². The first-order chi connectivity index (χ1) is 12.4. The largest absolute Gasteiger partial charge is 0.455 e. The van der Waals surface area contributed by atoms with Crippen LogP contribution in [0.15, 0.2) is 47.4 Å². The number of hydrogen-bond acceptors (Lipinski definition) is 6. The van der Waals surface area contributed by atoms with Gasteiger partial charge in [0.15, 0.2) is 16.4 Å². The van der Waals surface area contributed by atoms with Gasteiger partial charge in [0.1, 0.15) is 0 Å². The quantitative estimate of drug-likeness (QED) is 0.594. The van der Waals surface area contributed by atoms with Gasteiger partial charge in [-0.05, 0) is 29.3 Å². The molecule has 138 valence electrons. The molecule has 1 amide bonds. The van der Waals surface area contributed by atoms with Gasteiger partial charge in [-0.15, -0.1) is 11.8 Å². The lowest BCUT2D eigenvalue weighted by molar-refractivity contribution is -0.146. The maximum atomic E-state index is 11.8. The number of sulfone groups is 1. The molecule has 1 atom stereocenters. The Balaban J connectivity index is 1.41. The topological polar surface area (TPSA) is 89.5 Å². The predicted molar refractivity (Wildman–Crippen MR) is 101 cm³/mol. The van der Waals surface area contributed by atoms with E-state index in [2.05, 4.69) is 5.32 Å². The Morgan fingerprint density at radius 3 is 2.65 bits per heavy atom. The van der Waals surface area contributed by atoms with Crippen LogP contribution in [0.1, 0.15) is 6.42 Å². The molecule has 26 heavy (non-hydrogen) atoms. The first-order valence-electron chi connectivity index (χ1n) is 8.18. The van der Waals surface area contributed by atoms with E-state index in [1.807, 2.05) is 42.5 Å². The molecule has 8 heteroatoms. The molecule has 6 nitrogen and oxygen atoms in total. The average molecular weight is 393 g/mol. The standard InChI is InChI=1S/C18H19NO5S2/c20-17(19-15-7-8-26(22,23)12-15)10-24-18(21)11-25-16-6-5-13-3-1-2-4-14(13)9-16/h1-6,9,15H,7-8,10-12H2,(H,19,20)/t15-/m0/s1. The van der Waals surface area contributed by atoms with E-state index in [1.165, 1.54) is 11.8 Å². The predicted octanol–water partition coefficient (Wildman–Crippen LogP) is 1.78. The van der Waals surface area contributed by atoms with E-state index in [0.717, 1.165) is 15.7 Å². The first-order valence-corrected chi connectivity index (χ1v) is 11.0. The molecular formula is C18H19NO5S2. The highest BCUT2D eigenvalue weighted by molar-refractivity contribution is 8.00. The maximum absolute atomic E-state index is 11.8. The van der Waals surface area contributed by atoms with Crippen molar-refractivity contribution >= 4 is 44.2 Å². The number of rotatable bonds is 6. The van der Waals surface area contributed by atoms with Gasteiger partial charge in [-0.2, -0.15) is 0 Å². The van der Waals surface area contributed by atoms with E-state index in [1.54, 1.807) is 0 Å². The normalized spacial score (nSPS) is 18.5. The van der Waals surface area contributed by atoms with Crippen LogP contribution in [0.3, 0.4) is 0 Å². The Morgan fingerprint density at radius 2 is 1.92 bits per heavy atom. The number of fused-ring (bicyclic) bond motifs is 1. The highest BCUT2D eigenvalue weighted by Crippen LogP contribution is 2.23. The summed E-state index contributed by atoms with van der Waals surface area (Å²) in [5.41, 5.74) is 0. The van der Waals surface area contributed by atoms with Crippen LogP contribution in [0.2, 0.25) is 0 Å². The number of benzene rings is 2. The van der Waals surface area contributed by atoms with Gasteiger partial charge >= 0.3 is 5.97 Å². The van der Waals surface area contributed by atoms with Crippen LogP contribution in [0, 0.1) is 0 Å². The molecule has 1 heterocycles. The van der Waals surface area contributed by atoms with Crippen LogP contribution in [0.4, 0.5) is 0 Å². The molecule has 1 fully saturated rings. The summed E-state index contributed by atoms with van der Waals surface area (Å²) in [6, 6.07) is 13.5. The summed E-state index contributed by atoms with van der Waals surface area (Å²) in [6.45, 7) is -0.395. The second-order valence-corrected chi connectivity index (χ2v) is 9.40. The van der Waals surface area contributed by atoms with E-state index in [9.17, 15) is 18.0 Å². The van der Waals surface area contributed by atoms with Crippen LogP contribution in [0.25, 0.3) is 10.8 Å². The van der Waals surface area contributed by atoms with E-state index in [-0.39, 0.29) is 17.3 Å². The summed E-state index contributed by atoms with van der Waals surface area (Å²) >= 11 is 1.34. The number of carbonyl (C=O) groups is 2. The molecule has 1 aliphatic rings. The van der Waals surface area contributed by atoms with Gasteiger partial charge in [0, 0.05) is 10.9 Å². The minimum Gasteiger partial charge on any atom is -0.455 e. The molecular weight excluding hydrogens is 374 g/mol. The number of ether oxygens (including phenoxy) is 1. The number of thioether (sulfide) groups is 1. The number of esters is 1. The van der Waals surface area contributed by atoms with Gasteiger partial charge < -0.3 is 10.1 Å². The minimum atomic E-state index is -3.05. The molecule has 1 saturated heterocycles. The molecule has 1 N–H and O–H groups in total. The molecule has 0 spiro atoms. The summed E-state index contributed by atoms with van der Waals surface area (Å²) in [5, 5.41) is 4.81. The summed E-state index contributed by atoms with van der Waals surface area (Å²) < 4.78 is 27.7. The summed E-state index contributed by atoms with van der Waals surface area (Å²) in [6.07, 6.45) is 0.403. The third-order valence-electron chi connectivity index (χ3n) is 4.04. The van der Waals surface area contributed by atoms with E-state index >= 15 is 0 Å². The van der Waals surface area contributed by atoms with Crippen molar-refractivity contribution in [1.82, 2.24) is 5.32 Å². The van der Waals surface area contributed by atoms with Gasteiger partial charge in [0.05, 0.1) is 17.3 Å². The van der Waals surface area contributed by atoms with Gasteiger partial charge in [0.25, 0.3) is 5.91 Å². The summed E-state index contributed by atoms with van der Waals surface area (Å²) in [4.78, 5) is 24.5. The first kappa shape index (κ1) is 18.7. The van der Waals surface area contributed by atoms with Crippen LogP contribution in [-0.4, -0.2) is 50.2 Å². The smallest absolute Gasteiger partial charge is 0.316 e. The minimum absolute atomic E-state index is 0.0511. The van der Waals surface area contributed by atoms with Crippen molar-refractivity contribution in [3.8, 4) is 0 Å². The highest BCUT2D eigenvalue weighted by atomic mass is 32.2. The highest BCUT2D eigenvalue weighted by Gasteiger charge is 2.29. The zero-order valence-electron chi connectivity index (χ0n) is 14.0. The maximum Gasteiger partial charge on any atom is 0.316 e. The fraction of sp³-hybridized carbons (Fsp3) is 0.333. The van der Waals surface area contributed by atoms with Gasteiger partial charge in [0.2, 0.25) is 0 Å². The molecule has 0 unspecified atom stereocenters. The molecule has 3 rings (SSSR count). The number of amides is 1. The Labute approximate surface area is 156 Å². The number of nitrogens with one attached hydrogen (secondary N) is 1.